The average molecular weight is 478 g/mol. The Morgan fingerprint density at radius 1 is 1.06 bits per heavy atom. The maximum atomic E-state index is 12.5. The molecule has 32 heavy (non-hydrogen) atoms. The minimum Gasteiger partial charge on any atom is -0.363 e. The number of hydrogen-bond donors (Lipinski definition) is 1. The Morgan fingerprint density at radius 2 is 1.78 bits per heavy atom. The SMILES string of the molecule is CCCn1c(CN2CCc3cc(S(N)(=O)=O)ccc32)nc2cc(S(=O)(=O)N(C)C)ccc21. The molecule has 2 N–H and O–H groups in total. The summed E-state index contributed by atoms with van der Waals surface area (Å²) in [4.78, 5) is 7.27. The Bertz CT molecular complexity index is 1400. The maximum absolute atomic E-state index is 12.5. The molecule has 3 aromatic rings. The van der Waals surface area contributed by atoms with Gasteiger partial charge >= 0.3 is 0 Å². The van der Waals surface area contributed by atoms with E-state index in [1.54, 1.807) is 24.3 Å². The van der Waals surface area contributed by atoms with Gasteiger partial charge in [-0.05, 0) is 54.8 Å². The van der Waals surface area contributed by atoms with Gasteiger partial charge in [0, 0.05) is 32.9 Å². The molecule has 0 spiro atoms. The van der Waals surface area contributed by atoms with Crippen LogP contribution in [0.2, 0.25) is 0 Å². The zero-order chi connectivity index (χ0) is 23.3. The summed E-state index contributed by atoms with van der Waals surface area (Å²) in [7, 11) is -4.28. The molecule has 1 aromatic heterocycles. The zero-order valence-corrected chi connectivity index (χ0v) is 19.9. The molecule has 0 amide bonds. The second-order valence-corrected chi connectivity index (χ2v) is 11.8. The Morgan fingerprint density at radius 3 is 2.44 bits per heavy atom. The lowest BCUT2D eigenvalue weighted by atomic mass is 10.2. The van der Waals surface area contributed by atoms with E-state index in [2.05, 4.69) is 16.4 Å². The number of aromatic nitrogens is 2. The van der Waals surface area contributed by atoms with Gasteiger partial charge in [0.15, 0.2) is 0 Å². The van der Waals surface area contributed by atoms with E-state index in [4.69, 9.17) is 10.1 Å². The summed E-state index contributed by atoms with van der Waals surface area (Å²) in [6, 6.07) is 10.0. The summed E-state index contributed by atoms with van der Waals surface area (Å²) in [5, 5.41) is 5.27. The fourth-order valence-electron chi connectivity index (χ4n) is 4.08. The quantitative estimate of drug-likeness (QED) is 0.555. The van der Waals surface area contributed by atoms with Crippen LogP contribution in [0.25, 0.3) is 11.0 Å². The van der Waals surface area contributed by atoms with Crippen molar-refractivity contribution in [2.45, 2.75) is 42.6 Å². The summed E-state index contributed by atoms with van der Waals surface area (Å²) in [6.45, 7) is 4.11. The molecule has 172 valence electrons. The number of aryl methyl sites for hydroxylation is 1. The van der Waals surface area contributed by atoms with Gasteiger partial charge in [-0.1, -0.05) is 6.92 Å². The predicted octanol–water partition coefficient (Wildman–Crippen LogP) is 1.91. The van der Waals surface area contributed by atoms with Crippen LogP contribution in [0.1, 0.15) is 24.7 Å². The monoisotopic (exact) mass is 477 g/mol. The minimum atomic E-state index is -3.74. The van der Waals surface area contributed by atoms with Crippen molar-refractivity contribution in [3.8, 4) is 0 Å². The van der Waals surface area contributed by atoms with Crippen molar-refractivity contribution in [2.75, 3.05) is 25.5 Å². The maximum Gasteiger partial charge on any atom is 0.242 e. The van der Waals surface area contributed by atoms with Gasteiger partial charge < -0.3 is 9.47 Å². The van der Waals surface area contributed by atoms with E-state index in [1.807, 2.05) is 6.07 Å². The van der Waals surface area contributed by atoms with Crippen LogP contribution in [-0.2, 0) is 39.6 Å². The summed E-state index contributed by atoms with van der Waals surface area (Å²) in [5.74, 6) is 0.838. The average Bonchev–Trinajstić information content (AvgIpc) is 3.28. The van der Waals surface area contributed by atoms with Crippen molar-refractivity contribution in [1.29, 1.82) is 0 Å². The van der Waals surface area contributed by atoms with Crippen LogP contribution in [-0.4, -0.2) is 51.3 Å². The van der Waals surface area contributed by atoms with Gasteiger partial charge in [-0.2, -0.15) is 0 Å². The van der Waals surface area contributed by atoms with Crippen LogP contribution in [0.5, 0.6) is 0 Å². The summed E-state index contributed by atoms with van der Waals surface area (Å²) < 4.78 is 51.7. The fraction of sp³-hybridized carbons (Fsp3) is 0.381. The lowest BCUT2D eigenvalue weighted by Crippen LogP contribution is -2.22. The molecular formula is C21H27N5O4S2. The normalized spacial score (nSPS) is 14.5. The first-order chi connectivity index (χ1) is 15.0. The molecular weight excluding hydrogens is 450 g/mol. The van der Waals surface area contributed by atoms with Crippen molar-refractivity contribution in [3.63, 3.8) is 0 Å². The third-order valence-corrected chi connectivity index (χ3v) is 8.45. The van der Waals surface area contributed by atoms with Crippen LogP contribution in [0, 0.1) is 0 Å². The Hall–Kier alpha value is -2.47. The van der Waals surface area contributed by atoms with Crippen molar-refractivity contribution >= 4 is 36.8 Å². The van der Waals surface area contributed by atoms with Crippen molar-refractivity contribution in [1.82, 2.24) is 13.9 Å². The molecule has 0 saturated carbocycles. The molecule has 1 aliphatic rings. The van der Waals surface area contributed by atoms with Crippen LogP contribution in [0.4, 0.5) is 5.69 Å². The largest absolute Gasteiger partial charge is 0.363 e. The second kappa shape index (κ2) is 8.14. The van der Waals surface area contributed by atoms with Crippen molar-refractivity contribution in [3.05, 3.63) is 47.8 Å². The number of hydrogen-bond acceptors (Lipinski definition) is 6. The molecule has 0 unspecified atom stereocenters. The molecule has 0 fully saturated rings. The highest BCUT2D eigenvalue weighted by molar-refractivity contribution is 7.89. The summed E-state index contributed by atoms with van der Waals surface area (Å²) in [6.07, 6.45) is 1.63. The topological polar surface area (TPSA) is 119 Å². The predicted molar refractivity (Wildman–Crippen MR) is 123 cm³/mol. The molecule has 0 bridgehead atoms. The van der Waals surface area contributed by atoms with Gasteiger partial charge in [0.05, 0.1) is 27.4 Å². The smallest absolute Gasteiger partial charge is 0.242 e. The fourth-order valence-corrected chi connectivity index (χ4v) is 5.57. The number of rotatable bonds is 7. The number of nitrogens with zero attached hydrogens (tertiary/aromatic N) is 4. The Balaban J connectivity index is 1.72. The van der Waals surface area contributed by atoms with Crippen LogP contribution in [0.3, 0.4) is 0 Å². The molecule has 1 aliphatic heterocycles. The summed E-state index contributed by atoms with van der Waals surface area (Å²) >= 11 is 0. The number of fused-ring (bicyclic) bond motifs is 2. The first kappa shape index (κ1) is 22.7. The third-order valence-electron chi connectivity index (χ3n) is 5.73. The number of imidazole rings is 1. The van der Waals surface area contributed by atoms with Crippen LogP contribution >= 0.6 is 0 Å². The van der Waals surface area contributed by atoms with E-state index in [0.29, 0.717) is 12.1 Å². The van der Waals surface area contributed by atoms with Gasteiger partial charge in [0.1, 0.15) is 5.82 Å². The molecule has 0 radical (unpaired) electrons. The zero-order valence-electron chi connectivity index (χ0n) is 18.3. The molecule has 4 rings (SSSR count). The van der Waals surface area contributed by atoms with E-state index in [9.17, 15) is 16.8 Å². The highest BCUT2D eigenvalue weighted by atomic mass is 32.2. The van der Waals surface area contributed by atoms with Gasteiger partial charge in [0.2, 0.25) is 20.0 Å². The van der Waals surface area contributed by atoms with Gasteiger partial charge in [-0.25, -0.2) is 31.3 Å². The molecule has 11 heteroatoms. The van der Waals surface area contributed by atoms with Gasteiger partial charge in [-0.3, -0.25) is 0 Å². The van der Waals surface area contributed by atoms with Crippen molar-refractivity contribution in [2.24, 2.45) is 5.14 Å². The van der Waals surface area contributed by atoms with E-state index >= 15 is 0 Å². The lowest BCUT2D eigenvalue weighted by molar-refractivity contribution is 0.521. The standard InChI is InChI=1S/C21H27N5O4S2/c1-4-10-26-20-8-6-17(32(29,30)24(2)3)13-18(20)23-21(26)14-25-11-9-15-12-16(31(22,27)28)5-7-19(15)25/h5-8,12-13H,4,9-11,14H2,1-3H3,(H2,22,27,28). The number of nitrogens with two attached hydrogens (primary N) is 1. The highest BCUT2D eigenvalue weighted by Crippen LogP contribution is 2.32. The highest BCUT2D eigenvalue weighted by Gasteiger charge is 2.24. The molecule has 0 atom stereocenters. The number of anilines is 1. The molecule has 2 heterocycles. The van der Waals surface area contributed by atoms with E-state index in [1.165, 1.54) is 24.5 Å². The number of benzene rings is 2. The van der Waals surface area contributed by atoms with Crippen LogP contribution < -0.4 is 10.0 Å². The second-order valence-electron chi connectivity index (χ2n) is 8.12. The summed E-state index contributed by atoms with van der Waals surface area (Å²) in [5.41, 5.74) is 3.43. The lowest BCUT2D eigenvalue weighted by Gasteiger charge is -2.20. The van der Waals surface area contributed by atoms with E-state index in [0.717, 1.165) is 48.5 Å². The van der Waals surface area contributed by atoms with Crippen LogP contribution in [0.15, 0.2) is 46.2 Å². The Labute approximate surface area is 188 Å². The third kappa shape index (κ3) is 4.01. The number of sulfonamides is 2. The Kier molecular flexibility index (Phi) is 5.78. The molecule has 0 saturated heterocycles. The number of primary sulfonamides is 1. The van der Waals surface area contributed by atoms with E-state index in [-0.39, 0.29) is 9.79 Å². The molecule has 9 nitrogen and oxygen atoms in total. The van der Waals surface area contributed by atoms with Gasteiger partial charge in [0.25, 0.3) is 0 Å². The van der Waals surface area contributed by atoms with E-state index < -0.39 is 20.0 Å². The first-order valence-electron chi connectivity index (χ1n) is 10.3. The molecule has 2 aromatic carbocycles. The van der Waals surface area contributed by atoms with Crippen molar-refractivity contribution < 1.29 is 16.8 Å². The minimum absolute atomic E-state index is 0.117. The molecule has 0 aliphatic carbocycles. The first-order valence-corrected chi connectivity index (χ1v) is 13.3. The van der Waals surface area contributed by atoms with Gasteiger partial charge in [-0.15, -0.1) is 0 Å².